The van der Waals surface area contributed by atoms with Crippen molar-refractivity contribution < 1.29 is 4.74 Å². The quantitative estimate of drug-likeness (QED) is 0.673. The Kier molecular flexibility index (Phi) is 2.88. The van der Waals surface area contributed by atoms with Crippen LogP contribution in [0.5, 0.6) is 0 Å². The van der Waals surface area contributed by atoms with Crippen LogP contribution in [0.25, 0.3) is 0 Å². The highest BCUT2D eigenvalue weighted by molar-refractivity contribution is 5.59. The molecule has 2 rings (SSSR count). The van der Waals surface area contributed by atoms with Gasteiger partial charge >= 0.3 is 0 Å². The van der Waals surface area contributed by atoms with Crippen molar-refractivity contribution in [3.8, 4) is 0 Å². The highest BCUT2D eigenvalue weighted by atomic mass is 16.5. The molecule has 1 aliphatic heterocycles. The summed E-state index contributed by atoms with van der Waals surface area (Å²) in [5.74, 6) is 0.584. The molecule has 1 aromatic rings. The first-order valence-corrected chi connectivity index (χ1v) is 5.00. The maximum absolute atomic E-state index is 5.63. The Bertz CT molecular complexity index is 280. The molecule has 0 bridgehead atoms. The molecule has 1 aromatic heterocycles. The number of rotatable bonds is 3. The van der Waals surface area contributed by atoms with Gasteiger partial charge in [-0.2, -0.15) is 5.10 Å². The van der Waals surface area contributed by atoms with Crippen molar-refractivity contribution in [1.82, 2.24) is 10.2 Å². The van der Waals surface area contributed by atoms with E-state index in [1.54, 1.807) is 6.20 Å². The maximum Gasteiger partial charge on any atom is 0.142 e. The molecule has 1 aliphatic rings. The van der Waals surface area contributed by atoms with E-state index in [2.05, 4.69) is 15.5 Å². The van der Waals surface area contributed by atoms with E-state index < -0.39 is 0 Å². The minimum atomic E-state index is 0.318. The molecule has 0 saturated carbocycles. The molecule has 0 amide bonds. The Labute approximate surface area is 83.0 Å². The average Bonchev–Trinajstić information content (AvgIpc) is 2.63. The Hall–Kier alpha value is -1.23. The molecule has 0 aromatic carbocycles. The number of aromatic amines is 1. The molecule has 2 heterocycles. The Balaban J connectivity index is 1.79. The van der Waals surface area contributed by atoms with Gasteiger partial charge in [-0.15, -0.1) is 0 Å². The summed E-state index contributed by atoms with van der Waals surface area (Å²) in [5, 5.41) is 9.73. The molecular weight excluding hydrogens is 180 g/mol. The SMILES string of the molecule is Nc1[nH]ncc1NCC1CCCCO1. The van der Waals surface area contributed by atoms with Crippen LogP contribution in [0.15, 0.2) is 6.20 Å². The van der Waals surface area contributed by atoms with Gasteiger partial charge in [0.05, 0.1) is 18.0 Å². The zero-order valence-corrected chi connectivity index (χ0v) is 8.12. The van der Waals surface area contributed by atoms with Gasteiger partial charge in [-0.25, -0.2) is 0 Å². The van der Waals surface area contributed by atoms with E-state index in [1.165, 1.54) is 12.8 Å². The predicted octanol–water partition coefficient (Wildman–Crippen LogP) is 0.973. The molecule has 0 radical (unpaired) electrons. The zero-order chi connectivity index (χ0) is 9.80. The minimum Gasteiger partial charge on any atom is -0.382 e. The van der Waals surface area contributed by atoms with Crippen molar-refractivity contribution in [1.29, 1.82) is 0 Å². The zero-order valence-electron chi connectivity index (χ0n) is 8.12. The van der Waals surface area contributed by atoms with Gasteiger partial charge in [0.1, 0.15) is 5.82 Å². The fraction of sp³-hybridized carbons (Fsp3) is 0.667. The van der Waals surface area contributed by atoms with E-state index in [0.29, 0.717) is 11.9 Å². The van der Waals surface area contributed by atoms with Crippen LogP contribution >= 0.6 is 0 Å². The van der Waals surface area contributed by atoms with Gasteiger partial charge in [0, 0.05) is 13.2 Å². The van der Waals surface area contributed by atoms with E-state index >= 15 is 0 Å². The van der Waals surface area contributed by atoms with Crippen LogP contribution in [0.2, 0.25) is 0 Å². The number of nitrogens with one attached hydrogen (secondary N) is 2. The Morgan fingerprint density at radius 1 is 1.64 bits per heavy atom. The first-order chi connectivity index (χ1) is 6.86. The Morgan fingerprint density at radius 3 is 3.21 bits per heavy atom. The number of nitrogens with zero attached hydrogens (tertiary/aromatic N) is 1. The summed E-state index contributed by atoms with van der Waals surface area (Å²) in [6.07, 6.45) is 5.58. The molecule has 0 aliphatic carbocycles. The van der Waals surface area contributed by atoms with E-state index in [0.717, 1.165) is 25.3 Å². The standard InChI is InChI=1S/C9H16N4O/c10-9-8(6-12-13-9)11-5-7-3-1-2-4-14-7/h6-7,11H,1-5H2,(H3,10,12,13). The topological polar surface area (TPSA) is 76.0 Å². The largest absolute Gasteiger partial charge is 0.382 e. The van der Waals surface area contributed by atoms with Crippen molar-refractivity contribution in [2.75, 3.05) is 24.2 Å². The third-order valence-corrected chi connectivity index (χ3v) is 2.46. The van der Waals surface area contributed by atoms with Crippen LogP contribution in [0.1, 0.15) is 19.3 Å². The van der Waals surface area contributed by atoms with Crippen molar-refractivity contribution in [2.24, 2.45) is 0 Å². The number of nitrogens with two attached hydrogens (primary N) is 1. The number of nitrogen functional groups attached to an aromatic ring is 1. The van der Waals surface area contributed by atoms with Gasteiger partial charge in [0.2, 0.25) is 0 Å². The Morgan fingerprint density at radius 2 is 2.57 bits per heavy atom. The van der Waals surface area contributed by atoms with Gasteiger partial charge in [-0.3, -0.25) is 5.10 Å². The summed E-state index contributed by atoms with van der Waals surface area (Å²) in [7, 11) is 0. The van der Waals surface area contributed by atoms with Gasteiger partial charge in [0.15, 0.2) is 0 Å². The smallest absolute Gasteiger partial charge is 0.142 e. The molecule has 0 spiro atoms. The summed E-state index contributed by atoms with van der Waals surface area (Å²) >= 11 is 0. The monoisotopic (exact) mass is 196 g/mol. The van der Waals surface area contributed by atoms with Crippen LogP contribution < -0.4 is 11.1 Å². The summed E-state index contributed by atoms with van der Waals surface area (Å²) in [6, 6.07) is 0. The second-order valence-electron chi connectivity index (χ2n) is 3.57. The van der Waals surface area contributed by atoms with Crippen molar-refractivity contribution in [2.45, 2.75) is 25.4 Å². The number of anilines is 2. The summed E-state index contributed by atoms with van der Waals surface area (Å²) in [5.41, 5.74) is 6.50. The first kappa shape index (κ1) is 9.33. The summed E-state index contributed by atoms with van der Waals surface area (Å²) in [4.78, 5) is 0. The molecule has 5 nitrogen and oxygen atoms in total. The first-order valence-electron chi connectivity index (χ1n) is 5.00. The lowest BCUT2D eigenvalue weighted by molar-refractivity contribution is 0.0248. The predicted molar refractivity (Wildman–Crippen MR) is 55.1 cm³/mol. The second-order valence-corrected chi connectivity index (χ2v) is 3.57. The highest BCUT2D eigenvalue weighted by Gasteiger charge is 2.13. The fourth-order valence-corrected chi connectivity index (χ4v) is 1.63. The maximum atomic E-state index is 5.63. The summed E-state index contributed by atoms with van der Waals surface area (Å²) in [6.45, 7) is 1.69. The molecule has 78 valence electrons. The molecule has 1 fully saturated rings. The van der Waals surface area contributed by atoms with Gasteiger partial charge in [-0.1, -0.05) is 0 Å². The van der Waals surface area contributed by atoms with Gasteiger partial charge in [0.25, 0.3) is 0 Å². The number of hydrogen-bond acceptors (Lipinski definition) is 4. The van der Waals surface area contributed by atoms with Crippen LogP contribution in [0.4, 0.5) is 11.5 Å². The molecule has 1 atom stereocenters. The minimum absolute atomic E-state index is 0.318. The van der Waals surface area contributed by atoms with Gasteiger partial charge < -0.3 is 15.8 Å². The second kappa shape index (κ2) is 4.32. The number of hydrogen-bond donors (Lipinski definition) is 3. The molecule has 4 N–H and O–H groups in total. The van der Waals surface area contributed by atoms with E-state index in [-0.39, 0.29) is 0 Å². The van der Waals surface area contributed by atoms with Crippen LogP contribution in [-0.2, 0) is 4.74 Å². The number of aromatic nitrogens is 2. The van der Waals surface area contributed by atoms with E-state index in [1.807, 2.05) is 0 Å². The van der Waals surface area contributed by atoms with Crippen molar-refractivity contribution >= 4 is 11.5 Å². The van der Waals surface area contributed by atoms with Crippen molar-refractivity contribution in [3.63, 3.8) is 0 Å². The average molecular weight is 196 g/mol. The van der Waals surface area contributed by atoms with E-state index in [9.17, 15) is 0 Å². The van der Waals surface area contributed by atoms with Crippen LogP contribution in [0.3, 0.4) is 0 Å². The molecule has 1 saturated heterocycles. The highest BCUT2D eigenvalue weighted by Crippen LogP contribution is 2.16. The lowest BCUT2D eigenvalue weighted by Crippen LogP contribution is -2.27. The normalized spacial score (nSPS) is 22.1. The lowest BCUT2D eigenvalue weighted by Gasteiger charge is -2.22. The summed E-state index contributed by atoms with van der Waals surface area (Å²) < 4.78 is 5.58. The van der Waals surface area contributed by atoms with Gasteiger partial charge in [-0.05, 0) is 19.3 Å². The molecule has 14 heavy (non-hydrogen) atoms. The van der Waals surface area contributed by atoms with E-state index in [4.69, 9.17) is 10.5 Å². The lowest BCUT2D eigenvalue weighted by atomic mass is 10.1. The number of ether oxygens (including phenoxy) is 1. The van der Waals surface area contributed by atoms with Crippen molar-refractivity contribution in [3.05, 3.63) is 6.20 Å². The molecule has 5 heteroatoms. The van der Waals surface area contributed by atoms with Crippen LogP contribution in [0, 0.1) is 0 Å². The third-order valence-electron chi connectivity index (χ3n) is 2.46. The number of H-pyrrole nitrogens is 1. The van der Waals surface area contributed by atoms with Crippen LogP contribution in [-0.4, -0.2) is 29.5 Å². The molecule has 1 unspecified atom stereocenters. The molecular formula is C9H16N4O. The fourth-order valence-electron chi connectivity index (χ4n) is 1.63. The third kappa shape index (κ3) is 2.17.